The van der Waals surface area contributed by atoms with Crippen molar-refractivity contribution in [3.05, 3.63) is 78.4 Å². The predicted molar refractivity (Wildman–Crippen MR) is 94.0 cm³/mol. The summed E-state index contributed by atoms with van der Waals surface area (Å²) in [5, 5.41) is 0. The molecule has 0 N–H and O–H groups in total. The van der Waals surface area contributed by atoms with E-state index in [9.17, 15) is 4.79 Å². The van der Waals surface area contributed by atoms with Crippen LogP contribution in [-0.4, -0.2) is 19.7 Å². The van der Waals surface area contributed by atoms with Crippen LogP contribution in [0.3, 0.4) is 0 Å². The van der Waals surface area contributed by atoms with Gasteiger partial charge in [-0.2, -0.15) is 0 Å². The van der Waals surface area contributed by atoms with Crippen LogP contribution in [0.1, 0.15) is 11.1 Å². The van der Waals surface area contributed by atoms with E-state index < -0.39 is 5.97 Å². The number of carbonyl (C=O) groups excluding carboxylic acids is 1. The Labute approximate surface area is 142 Å². The molecule has 0 unspecified atom stereocenters. The van der Waals surface area contributed by atoms with Crippen LogP contribution < -0.4 is 9.47 Å². The lowest BCUT2D eigenvalue weighted by Crippen LogP contribution is -1.99. The summed E-state index contributed by atoms with van der Waals surface area (Å²) < 4.78 is 16.0. The van der Waals surface area contributed by atoms with Gasteiger partial charge in [0.2, 0.25) is 0 Å². The minimum absolute atomic E-state index is 0.193. The van der Waals surface area contributed by atoms with Gasteiger partial charge < -0.3 is 14.2 Å². The molecule has 0 spiro atoms. The van der Waals surface area contributed by atoms with Crippen molar-refractivity contribution < 1.29 is 19.0 Å². The number of rotatable bonds is 8. The van der Waals surface area contributed by atoms with Gasteiger partial charge in [0.15, 0.2) is 11.5 Å². The van der Waals surface area contributed by atoms with Crippen LogP contribution in [0.4, 0.5) is 0 Å². The lowest BCUT2D eigenvalue weighted by molar-refractivity contribution is -0.136. The third-order valence-electron chi connectivity index (χ3n) is 3.18. The molecule has 0 heterocycles. The predicted octanol–water partition coefficient (Wildman–Crippen LogP) is 4.02. The molecule has 4 heteroatoms. The van der Waals surface area contributed by atoms with Gasteiger partial charge in [-0.15, -0.1) is 0 Å². The standard InChI is InChI=1S/C20H20O4/c1-3-13-23-20(21)12-10-16-9-11-18(19(14-16)22-2)24-15-17-7-5-4-6-8-17/h3-12,14H,1,13,15H2,2H3/b12-10+. The number of carbonyl (C=O) groups is 1. The van der Waals surface area contributed by atoms with Crippen molar-refractivity contribution in [1.82, 2.24) is 0 Å². The van der Waals surface area contributed by atoms with Crippen LogP contribution in [0.2, 0.25) is 0 Å². The van der Waals surface area contributed by atoms with Crippen molar-refractivity contribution in [3.63, 3.8) is 0 Å². The first-order valence-corrected chi connectivity index (χ1v) is 7.53. The van der Waals surface area contributed by atoms with Crippen LogP contribution in [0.15, 0.2) is 67.3 Å². The molecule has 0 radical (unpaired) electrons. The zero-order valence-corrected chi connectivity index (χ0v) is 13.6. The smallest absolute Gasteiger partial charge is 0.331 e. The van der Waals surface area contributed by atoms with E-state index >= 15 is 0 Å². The summed E-state index contributed by atoms with van der Waals surface area (Å²) in [7, 11) is 1.58. The molecule has 0 fully saturated rings. The number of ether oxygens (including phenoxy) is 3. The second kappa shape index (κ2) is 9.20. The second-order valence-corrected chi connectivity index (χ2v) is 4.94. The molecule has 2 aromatic carbocycles. The molecule has 2 aromatic rings. The van der Waals surface area contributed by atoms with Gasteiger partial charge in [0, 0.05) is 6.08 Å². The van der Waals surface area contributed by atoms with Gasteiger partial charge in [-0.05, 0) is 29.3 Å². The Balaban J connectivity index is 2.03. The topological polar surface area (TPSA) is 44.8 Å². The van der Waals surface area contributed by atoms with Crippen molar-refractivity contribution in [3.8, 4) is 11.5 Å². The minimum atomic E-state index is -0.418. The summed E-state index contributed by atoms with van der Waals surface area (Å²) >= 11 is 0. The van der Waals surface area contributed by atoms with E-state index in [1.165, 1.54) is 12.2 Å². The number of benzene rings is 2. The number of hydrogen-bond acceptors (Lipinski definition) is 4. The van der Waals surface area contributed by atoms with E-state index in [1.54, 1.807) is 19.3 Å². The number of hydrogen-bond donors (Lipinski definition) is 0. The third kappa shape index (κ3) is 5.32. The van der Waals surface area contributed by atoms with E-state index in [4.69, 9.17) is 14.2 Å². The Morgan fingerprint density at radius 3 is 2.62 bits per heavy atom. The van der Waals surface area contributed by atoms with Gasteiger partial charge in [-0.25, -0.2) is 4.79 Å². The summed E-state index contributed by atoms with van der Waals surface area (Å²) in [5.41, 5.74) is 1.89. The summed E-state index contributed by atoms with van der Waals surface area (Å²) in [4.78, 5) is 11.4. The van der Waals surface area contributed by atoms with Crippen LogP contribution in [0, 0.1) is 0 Å². The molecule has 0 bridgehead atoms. The van der Waals surface area contributed by atoms with Crippen molar-refractivity contribution in [2.45, 2.75) is 6.61 Å². The minimum Gasteiger partial charge on any atom is -0.493 e. The summed E-state index contributed by atoms with van der Waals surface area (Å²) in [6.07, 6.45) is 4.55. The quantitative estimate of drug-likeness (QED) is 0.418. The summed E-state index contributed by atoms with van der Waals surface area (Å²) in [5.74, 6) is 0.832. The first-order valence-electron chi connectivity index (χ1n) is 7.53. The average Bonchev–Trinajstić information content (AvgIpc) is 2.64. The van der Waals surface area contributed by atoms with Gasteiger partial charge in [-0.3, -0.25) is 0 Å². The highest BCUT2D eigenvalue weighted by Gasteiger charge is 2.05. The molecule has 4 nitrogen and oxygen atoms in total. The fraction of sp³-hybridized carbons (Fsp3) is 0.150. The lowest BCUT2D eigenvalue weighted by Gasteiger charge is -2.11. The van der Waals surface area contributed by atoms with Gasteiger partial charge in [-0.1, -0.05) is 49.1 Å². The molecule has 0 saturated heterocycles. The Bertz CT molecular complexity index is 705. The van der Waals surface area contributed by atoms with Crippen LogP contribution in [0.25, 0.3) is 6.08 Å². The lowest BCUT2D eigenvalue weighted by atomic mass is 10.2. The number of esters is 1. The molecule has 0 aliphatic carbocycles. The largest absolute Gasteiger partial charge is 0.493 e. The maximum Gasteiger partial charge on any atom is 0.331 e. The zero-order valence-electron chi connectivity index (χ0n) is 13.6. The van der Waals surface area contributed by atoms with Crippen LogP contribution in [-0.2, 0) is 16.1 Å². The van der Waals surface area contributed by atoms with Crippen LogP contribution >= 0.6 is 0 Å². The second-order valence-electron chi connectivity index (χ2n) is 4.94. The molecular formula is C20H20O4. The molecule has 0 amide bonds. The van der Waals surface area contributed by atoms with Crippen LogP contribution in [0.5, 0.6) is 11.5 Å². The van der Waals surface area contributed by atoms with E-state index in [0.29, 0.717) is 18.1 Å². The van der Waals surface area contributed by atoms with Gasteiger partial charge >= 0.3 is 5.97 Å². The molecule has 0 atom stereocenters. The summed E-state index contributed by atoms with van der Waals surface area (Å²) in [6, 6.07) is 15.4. The summed E-state index contributed by atoms with van der Waals surface area (Å²) in [6.45, 7) is 4.14. The Morgan fingerprint density at radius 1 is 1.12 bits per heavy atom. The fourth-order valence-corrected chi connectivity index (χ4v) is 2.00. The molecule has 24 heavy (non-hydrogen) atoms. The van der Waals surface area contributed by atoms with Crippen molar-refractivity contribution in [2.75, 3.05) is 13.7 Å². The Hall–Kier alpha value is -3.01. The molecular weight excluding hydrogens is 304 g/mol. The molecule has 2 rings (SSSR count). The van der Waals surface area contributed by atoms with Gasteiger partial charge in [0.05, 0.1) is 7.11 Å². The van der Waals surface area contributed by atoms with Crippen molar-refractivity contribution in [1.29, 1.82) is 0 Å². The SMILES string of the molecule is C=CCOC(=O)/C=C/c1ccc(OCc2ccccc2)c(OC)c1. The van der Waals surface area contributed by atoms with E-state index in [1.807, 2.05) is 42.5 Å². The van der Waals surface area contributed by atoms with Gasteiger partial charge in [0.25, 0.3) is 0 Å². The Kier molecular flexibility index (Phi) is 6.65. The third-order valence-corrected chi connectivity index (χ3v) is 3.18. The first kappa shape index (κ1) is 17.3. The highest BCUT2D eigenvalue weighted by atomic mass is 16.5. The van der Waals surface area contributed by atoms with E-state index in [-0.39, 0.29) is 6.61 Å². The maximum absolute atomic E-state index is 11.4. The molecule has 0 saturated carbocycles. The zero-order chi connectivity index (χ0) is 17.2. The van der Waals surface area contributed by atoms with Crippen molar-refractivity contribution >= 4 is 12.0 Å². The number of methoxy groups -OCH3 is 1. The highest BCUT2D eigenvalue weighted by molar-refractivity contribution is 5.87. The Morgan fingerprint density at radius 2 is 1.92 bits per heavy atom. The molecule has 0 aliphatic heterocycles. The normalized spacial score (nSPS) is 10.4. The molecule has 0 aromatic heterocycles. The monoisotopic (exact) mass is 324 g/mol. The molecule has 0 aliphatic rings. The van der Waals surface area contributed by atoms with Crippen molar-refractivity contribution in [2.24, 2.45) is 0 Å². The maximum atomic E-state index is 11.4. The fourth-order valence-electron chi connectivity index (χ4n) is 2.00. The average molecular weight is 324 g/mol. The first-order chi connectivity index (χ1) is 11.7. The molecule has 124 valence electrons. The van der Waals surface area contributed by atoms with Gasteiger partial charge in [0.1, 0.15) is 13.2 Å². The highest BCUT2D eigenvalue weighted by Crippen LogP contribution is 2.29. The van der Waals surface area contributed by atoms with E-state index in [2.05, 4.69) is 6.58 Å². The van der Waals surface area contributed by atoms with E-state index in [0.717, 1.165) is 11.1 Å².